The van der Waals surface area contributed by atoms with E-state index in [1.54, 1.807) is 0 Å². The van der Waals surface area contributed by atoms with Gasteiger partial charge in [-0.1, -0.05) is 30.3 Å². The van der Waals surface area contributed by atoms with Gasteiger partial charge in [0, 0.05) is 25.6 Å². The summed E-state index contributed by atoms with van der Waals surface area (Å²) in [7, 11) is 0. The molecule has 1 aromatic carbocycles. The highest BCUT2D eigenvalue weighted by atomic mass is 16.2. The summed E-state index contributed by atoms with van der Waals surface area (Å²) in [5, 5.41) is 9.36. The summed E-state index contributed by atoms with van der Waals surface area (Å²) in [6.07, 6.45) is 3.88. The van der Waals surface area contributed by atoms with Gasteiger partial charge in [-0.25, -0.2) is 9.98 Å². The van der Waals surface area contributed by atoms with Crippen LogP contribution in [-0.4, -0.2) is 41.5 Å². The van der Waals surface area contributed by atoms with Crippen molar-refractivity contribution in [1.82, 2.24) is 25.9 Å². The van der Waals surface area contributed by atoms with E-state index in [1.807, 2.05) is 43.5 Å². The first kappa shape index (κ1) is 18.0. The van der Waals surface area contributed by atoms with Gasteiger partial charge >= 0.3 is 0 Å². The molecule has 1 aromatic heterocycles. The monoisotopic (exact) mass is 354 g/mol. The summed E-state index contributed by atoms with van der Waals surface area (Å²) >= 11 is 0. The molecule has 0 aliphatic heterocycles. The minimum absolute atomic E-state index is 0.165. The van der Waals surface area contributed by atoms with Gasteiger partial charge in [-0.05, 0) is 25.3 Å². The molecule has 0 radical (unpaired) electrons. The van der Waals surface area contributed by atoms with Crippen molar-refractivity contribution in [3.05, 3.63) is 42.4 Å². The second-order valence-electron chi connectivity index (χ2n) is 6.30. The molecule has 138 valence electrons. The minimum Gasteiger partial charge on any atom is -0.357 e. The topological polar surface area (TPSA) is 94.2 Å². The molecule has 1 amide bonds. The van der Waals surface area contributed by atoms with E-state index in [9.17, 15) is 4.79 Å². The zero-order valence-corrected chi connectivity index (χ0v) is 15.1. The summed E-state index contributed by atoms with van der Waals surface area (Å²) in [5.41, 5.74) is 2.09. The van der Waals surface area contributed by atoms with Crippen LogP contribution < -0.4 is 16.0 Å². The third kappa shape index (κ3) is 5.34. The van der Waals surface area contributed by atoms with Crippen molar-refractivity contribution in [2.24, 2.45) is 10.9 Å². The van der Waals surface area contributed by atoms with Crippen molar-refractivity contribution in [2.75, 3.05) is 19.6 Å². The number of nitrogens with zero attached hydrogens (tertiary/aromatic N) is 2. The Hall–Kier alpha value is -2.83. The molecule has 2 aromatic rings. The molecule has 1 aliphatic rings. The zero-order valence-electron chi connectivity index (χ0n) is 15.1. The van der Waals surface area contributed by atoms with Crippen LogP contribution in [0.15, 0.2) is 41.5 Å². The number of benzene rings is 1. The Kier molecular flexibility index (Phi) is 6.24. The number of nitrogens with one attached hydrogen (secondary N) is 4. The molecule has 4 N–H and O–H groups in total. The van der Waals surface area contributed by atoms with E-state index in [0.717, 1.165) is 36.5 Å². The number of carbonyl (C=O) groups is 1. The first-order valence-corrected chi connectivity index (χ1v) is 9.15. The maximum Gasteiger partial charge on any atom is 0.223 e. The average molecular weight is 354 g/mol. The van der Waals surface area contributed by atoms with Crippen LogP contribution in [0.3, 0.4) is 0 Å². The van der Waals surface area contributed by atoms with Gasteiger partial charge < -0.3 is 20.9 Å². The number of guanidine groups is 1. The predicted octanol–water partition coefficient (Wildman–Crippen LogP) is 1.66. The number of H-pyrrole nitrogens is 1. The standard InChI is InChI=1S/C19H26N6O/c1-2-20-19(22-11-10-21-18(26)15-8-9-15)24-13-17-23-12-16(25-17)14-6-4-3-5-7-14/h3-7,12,15H,2,8-11,13H2,1H3,(H,21,26)(H,23,25)(H2,20,22,24). The zero-order chi connectivity index (χ0) is 18.2. The number of imidazole rings is 1. The highest BCUT2D eigenvalue weighted by Crippen LogP contribution is 2.28. The van der Waals surface area contributed by atoms with Crippen LogP contribution in [0.2, 0.25) is 0 Å². The molecule has 1 heterocycles. The Bertz CT molecular complexity index is 735. The van der Waals surface area contributed by atoms with Crippen LogP contribution in [0, 0.1) is 5.92 Å². The molecule has 0 atom stereocenters. The Labute approximate surface area is 153 Å². The Morgan fingerprint density at radius 1 is 1.19 bits per heavy atom. The molecule has 0 unspecified atom stereocenters. The van der Waals surface area contributed by atoms with E-state index in [-0.39, 0.29) is 11.8 Å². The van der Waals surface area contributed by atoms with Gasteiger partial charge in [-0.15, -0.1) is 0 Å². The fraction of sp³-hybridized carbons (Fsp3) is 0.421. The van der Waals surface area contributed by atoms with Crippen molar-refractivity contribution in [1.29, 1.82) is 0 Å². The fourth-order valence-corrected chi connectivity index (χ4v) is 2.56. The molecular formula is C19H26N6O. The van der Waals surface area contributed by atoms with Crippen LogP contribution in [0.4, 0.5) is 0 Å². The third-order valence-electron chi connectivity index (χ3n) is 4.11. The van der Waals surface area contributed by atoms with Crippen molar-refractivity contribution < 1.29 is 4.79 Å². The summed E-state index contributed by atoms with van der Waals surface area (Å²) in [5.74, 6) is 1.93. The minimum atomic E-state index is 0.165. The number of aliphatic imine (C=N–C) groups is 1. The summed E-state index contributed by atoms with van der Waals surface area (Å²) in [4.78, 5) is 23.8. The fourth-order valence-electron chi connectivity index (χ4n) is 2.56. The lowest BCUT2D eigenvalue weighted by Gasteiger charge is -2.11. The van der Waals surface area contributed by atoms with Crippen molar-refractivity contribution >= 4 is 11.9 Å². The van der Waals surface area contributed by atoms with E-state index < -0.39 is 0 Å². The Morgan fingerprint density at radius 3 is 2.69 bits per heavy atom. The SMILES string of the molecule is CCNC(=NCc1ncc(-c2ccccc2)[nH]1)NCCNC(=O)C1CC1. The summed E-state index contributed by atoms with van der Waals surface area (Å²) in [6.45, 7) is 4.48. The average Bonchev–Trinajstić information content (AvgIpc) is 3.42. The van der Waals surface area contributed by atoms with E-state index in [4.69, 9.17) is 0 Å². The van der Waals surface area contributed by atoms with Crippen LogP contribution in [0.1, 0.15) is 25.6 Å². The lowest BCUT2D eigenvalue weighted by molar-refractivity contribution is -0.122. The largest absolute Gasteiger partial charge is 0.357 e. The lowest BCUT2D eigenvalue weighted by atomic mass is 10.2. The predicted molar refractivity (Wildman–Crippen MR) is 103 cm³/mol. The number of aromatic nitrogens is 2. The number of hydrogen-bond donors (Lipinski definition) is 4. The van der Waals surface area contributed by atoms with Crippen molar-refractivity contribution in [3.63, 3.8) is 0 Å². The van der Waals surface area contributed by atoms with Crippen molar-refractivity contribution in [3.8, 4) is 11.3 Å². The first-order valence-electron chi connectivity index (χ1n) is 9.15. The van der Waals surface area contributed by atoms with E-state index in [1.165, 1.54) is 0 Å². The molecule has 7 nitrogen and oxygen atoms in total. The summed E-state index contributed by atoms with van der Waals surface area (Å²) in [6, 6.07) is 10.1. The quantitative estimate of drug-likeness (QED) is 0.329. The molecule has 0 saturated heterocycles. The Balaban J connectivity index is 1.48. The highest BCUT2D eigenvalue weighted by Gasteiger charge is 2.28. The molecule has 0 spiro atoms. The molecular weight excluding hydrogens is 328 g/mol. The lowest BCUT2D eigenvalue weighted by Crippen LogP contribution is -2.41. The molecule has 3 rings (SSSR count). The second kappa shape index (κ2) is 9.03. The van der Waals surface area contributed by atoms with Crippen molar-refractivity contribution in [2.45, 2.75) is 26.3 Å². The van der Waals surface area contributed by atoms with Crippen LogP contribution in [-0.2, 0) is 11.3 Å². The summed E-state index contributed by atoms with van der Waals surface area (Å²) < 4.78 is 0. The molecule has 0 bridgehead atoms. The molecule has 1 fully saturated rings. The third-order valence-corrected chi connectivity index (χ3v) is 4.11. The highest BCUT2D eigenvalue weighted by molar-refractivity contribution is 5.81. The number of aromatic amines is 1. The molecule has 1 aliphatic carbocycles. The number of hydrogen-bond acceptors (Lipinski definition) is 3. The van der Waals surface area contributed by atoms with Gasteiger partial charge in [0.05, 0.1) is 11.9 Å². The number of amides is 1. The van der Waals surface area contributed by atoms with E-state index in [0.29, 0.717) is 25.6 Å². The first-order chi connectivity index (χ1) is 12.8. The molecule has 1 saturated carbocycles. The van der Waals surface area contributed by atoms with Gasteiger partial charge in [-0.2, -0.15) is 0 Å². The number of carbonyl (C=O) groups excluding carboxylic acids is 1. The van der Waals surface area contributed by atoms with E-state index >= 15 is 0 Å². The Morgan fingerprint density at radius 2 is 1.96 bits per heavy atom. The van der Waals surface area contributed by atoms with Gasteiger partial charge in [0.1, 0.15) is 12.4 Å². The number of rotatable bonds is 8. The second-order valence-corrected chi connectivity index (χ2v) is 6.30. The maximum absolute atomic E-state index is 11.6. The van der Waals surface area contributed by atoms with Crippen LogP contribution in [0.25, 0.3) is 11.3 Å². The van der Waals surface area contributed by atoms with Gasteiger partial charge in [0.15, 0.2) is 5.96 Å². The maximum atomic E-state index is 11.6. The van der Waals surface area contributed by atoms with Gasteiger partial charge in [0.25, 0.3) is 0 Å². The van der Waals surface area contributed by atoms with Gasteiger partial charge in [-0.3, -0.25) is 4.79 Å². The molecule has 26 heavy (non-hydrogen) atoms. The van der Waals surface area contributed by atoms with Crippen LogP contribution >= 0.6 is 0 Å². The van der Waals surface area contributed by atoms with Gasteiger partial charge in [0.2, 0.25) is 5.91 Å². The smallest absolute Gasteiger partial charge is 0.223 e. The molecule has 7 heteroatoms. The van der Waals surface area contributed by atoms with E-state index in [2.05, 4.69) is 30.9 Å². The normalized spacial score (nSPS) is 14.1. The van der Waals surface area contributed by atoms with Crippen LogP contribution in [0.5, 0.6) is 0 Å².